The Kier molecular flexibility index (Phi) is 4.97. The van der Waals surface area contributed by atoms with Gasteiger partial charge in [-0.25, -0.2) is 0 Å². The topological polar surface area (TPSA) is 63.5 Å². The molecule has 0 spiro atoms. The smallest absolute Gasteiger partial charge is 0.255 e. The number of nitrogens with zero attached hydrogens (tertiary/aromatic N) is 1. The van der Waals surface area contributed by atoms with Crippen molar-refractivity contribution in [3.05, 3.63) is 64.8 Å². The number of carbonyl (C=O) groups excluding carboxylic acids is 1. The number of hydrogen-bond acceptors (Lipinski definition) is 3. The van der Waals surface area contributed by atoms with Crippen LogP contribution in [0.2, 0.25) is 5.02 Å². The van der Waals surface area contributed by atoms with Gasteiger partial charge in [0.25, 0.3) is 5.91 Å². The maximum absolute atomic E-state index is 12.4. The first-order valence-electron chi connectivity index (χ1n) is 7.85. The number of methoxy groups -OCH3 is 1. The van der Waals surface area contributed by atoms with Crippen LogP contribution in [-0.4, -0.2) is 29.2 Å². The first kappa shape index (κ1) is 17.3. The number of aryl methyl sites for hydroxylation is 1. The van der Waals surface area contributed by atoms with E-state index in [1.165, 1.54) is 7.11 Å². The van der Waals surface area contributed by atoms with E-state index in [0.717, 1.165) is 16.5 Å². The third-order valence-electron chi connectivity index (χ3n) is 4.15. The average molecular weight is 359 g/mol. The third-order valence-corrected chi connectivity index (χ3v) is 4.38. The number of carbonyl (C=O) groups is 1. The Balaban J connectivity index is 1.77. The van der Waals surface area contributed by atoms with Gasteiger partial charge in [0.2, 0.25) is 0 Å². The zero-order valence-electron chi connectivity index (χ0n) is 14.0. The number of aliphatic hydroxyl groups is 1. The Morgan fingerprint density at radius 3 is 2.84 bits per heavy atom. The van der Waals surface area contributed by atoms with Crippen molar-refractivity contribution in [2.75, 3.05) is 13.7 Å². The molecule has 0 aliphatic heterocycles. The van der Waals surface area contributed by atoms with E-state index in [-0.39, 0.29) is 12.5 Å². The number of fused-ring (bicyclic) bond motifs is 1. The van der Waals surface area contributed by atoms with E-state index in [0.29, 0.717) is 16.3 Å². The van der Waals surface area contributed by atoms with Crippen LogP contribution >= 0.6 is 11.6 Å². The molecule has 0 fully saturated rings. The van der Waals surface area contributed by atoms with E-state index in [1.54, 1.807) is 18.2 Å². The van der Waals surface area contributed by atoms with E-state index in [4.69, 9.17) is 16.3 Å². The van der Waals surface area contributed by atoms with Crippen LogP contribution < -0.4 is 10.1 Å². The number of amides is 1. The molecule has 2 aromatic carbocycles. The SMILES string of the molecule is COc1ccc(Cl)cc1C(=O)NCC(O)c1cn(C)c2ccccc12. The molecular weight excluding hydrogens is 340 g/mol. The second-order valence-electron chi connectivity index (χ2n) is 5.78. The molecule has 2 N–H and O–H groups in total. The minimum Gasteiger partial charge on any atom is -0.496 e. The number of ether oxygens (including phenoxy) is 1. The Bertz CT molecular complexity index is 920. The van der Waals surface area contributed by atoms with Crippen molar-refractivity contribution in [3.63, 3.8) is 0 Å². The minimum absolute atomic E-state index is 0.0858. The van der Waals surface area contributed by atoms with Crippen LogP contribution in [0, 0.1) is 0 Å². The first-order valence-corrected chi connectivity index (χ1v) is 8.23. The van der Waals surface area contributed by atoms with Crippen LogP contribution in [0.5, 0.6) is 5.75 Å². The van der Waals surface area contributed by atoms with Crippen molar-refractivity contribution in [3.8, 4) is 5.75 Å². The Labute approximate surface area is 150 Å². The fraction of sp³-hybridized carbons (Fsp3) is 0.211. The van der Waals surface area contributed by atoms with Gasteiger partial charge in [-0.2, -0.15) is 0 Å². The lowest BCUT2D eigenvalue weighted by atomic mass is 10.1. The molecule has 3 aromatic rings. The molecular formula is C19H19ClN2O3. The Morgan fingerprint density at radius 2 is 2.08 bits per heavy atom. The molecule has 0 aliphatic rings. The predicted molar refractivity (Wildman–Crippen MR) is 98.2 cm³/mol. The summed E-state index contributed by atoms with van der Waals surface area (Å²) in [6.45, 7) is 0.0858. The maximum Gasteiger partial charge on any atom is 0.255 e. The lowest BCUT2D eigenvalue weighted by molar-refractivity contribution is 0.0914. The average Bonchev–Trinajstić information content (AvgIpc) is 2.96. The summed E-state index contributed by atoms with van der Waals surface area (Å²) in [7, 11) is 3.42. The third kappa shape index (κ3) is 3.48. The van der Waals surface area contributed by atoms with Crippen molar-refractivity contribution < 1.29 is 14.6 Å². The van der Waals surface area contributed by atoms with Crippen molar-refractivity contribution >= 4 is 28.4 Å². The van der Waals surface area contributed by atoms with Crippen LogP contribution in [0.3, 0.4) is 0 Å². The number of nitrogens with one attached hydrogen (secondary N) is 1. The molecule has 0 saturated heterocycles. The van der Waals surface area contributed by atoms with Gasteiger partial charge in [-0.1, -0.05) is 29.8 Å². The number of aromatic nitrogens is 1. The molecule has 5 nitrogen and oxygen atoms in total. The van der Waals surface area contributed by atoms with Gasteiger partial charge in [0.05, 0.1) is 18.8 Å². The molecule has 1 atom stereocenters. The highest BCUT2D eigenvalue weighted by Gasteiger charge is 2.18. The van der Waals surface area contributed by atoms with Crippen molar-refractivity contribution in [1.82, 2.24) is 9.88 Å². The molecule has 3 rings (SSSR count). The second-order valence-corrected chi connectivity index (χ2v) is 6.22. The van der Waals surface area contributed by atoms with Crippen molar-refractivity contribution in [1.29, 1.82) is 0 Å². The van der Waals surface area contributed by atoms with Gasteiger partial charge < -0.3 is 19.7 Å². The number of aliphatic hydroxyl groups excluding tert-OH is 1. The number of halogens is 1. The quantitative estimate of drug-likeness (QED) is 0.735. The summed E-state index contributed by atoms with van der Waals surface area (Å²) in [6, 6.07) is 12.6. The summed E-state index contributed by atoms with van der Waals surface area (Å²) in [6.07, 6.45) is 1.06. The largest absolute Gasteiger partial charge is 0.496 e. The van der Waals surface area contributed by atoms with E-state index < -0.39 is 6.10 Å². The highest BCUT2D eigenvalue weighted by Crippen LogP contribution is 2.26. The van der Waals surface area contributed by atoms with E-state index in [1.807, 2.05) is 42.1 Å². The van der Waals surface area contributed by atoms with Gasteiger partial charge in [-0.05, 0) is 24.3 Å². The monoisotopic (exact) mass is 358 g/mol. The molecule has 1 unspecified atom stereocenters. The van der Waals surface area contributed by atoms with Crippen LogP contribution in [0.4, 0.5) is 0 Å². The van der Waals surface area contributed by atoms with Gasteiger partial charge in [-0.15, -0.1) is 0 Å². The van der Waals surface area contributed by atoms with Gasteiger partial charge in [-0.3, -0.25) is 4.79 Å². The molecule has 25 heavy (non-hydrogen) atoms. The number of benzene rings is 2. The van der Waals surface area contributed by atoms with E-state index in [2.05, 4.69) is 5.32 Å². The fourth-order valence-corrected chi connectivity index (χ4v) is 3.06. The standard InChI is InChI=1S/C19H19ClN2O3/c1-22-11-15(13-5-3-4-6-16(13)22)17(23)10-21-19(24)14-9-12(20)7-8-18(14)25-2/h3-9,11,17,23H,10H2,1-2H3,(H,21,24). The van der Waals surface area contributed by atoms with Gasteiger partial charge >= 0.3 is 0 Å². The predicted octanol–water partition coefficient (Wildman–Crippen LogP) is 3.30. The van der Waals surface area contributed by atoms with Gasteiger partial charge in [0, 0.05) is 41.3 Å². The highest BCUT2D eigenvalue weighted by molar-refractivity contribution is 6.31. The zero-order chi connectivity index (χ0) is 18.0. The molecule has 6 heteroatoms. The molecule has 1 aromatic heterocycles. The molecule has 1 heterocycles. The maximum atomic E-state index is 12.4. The number of hydrogen-bond donors (Lipinski definition) is 2. The molecule has 0 saturated carbocycles. The molecule has 130 valence electrons. The van der Waals surface area contributed by atoms with Crippen molar-refractivity contribution in [2.45, 2.75) is 6.10 Å². The molecule has 0 bridgehead atoms. The molecule has 0 aliphatic carbocycles. The minimum atomic E-state index is -0.819. The molecule has 0 radical (unpaired) electrons. The lowest BCUT2D eigenvalue weighted by Crippen LogP contribution is -2.28. The van der Waals surface area contributed by atoms with Crippen molar-refractivity contribution in [2.24, 2.45) is 7.05 Å². The molecule has 1 amide bonds. The van der Waals surface area contributed by atoms with E-state index >= 15 is 0 Å². The number of rotatable bonds is 5. The summed E-state index contributed by atoms with van der Waals surface area (Å²) < 4.78 is 7.14. The van der Waals surface area contributed by atoms with Crippen LogP contribution in [0.1, 0.15) is 22.0 Å². The fourth-order valence-electron chi connectivity index (χ4n) is 2.89. The summed E-state index contributed by atoms with van der Waals surface area (Å²) in [4.78, 5) is 12.4. The normalized spacial score (nSPS) is 12.2. The summed E-state index contributed by atoms with van der Waals surface area (Å²) in [5, 5.41) is 14.7. The van der Waals surface area contributed by atoms with Gasteiger partial charge in [0.15, 0.2) is 0 Å². The summed E-state index contributed by atoms with van der Waals surface area (Å²) >= 11 is 5.96. The number of para-hydroxylation sites is 1. The first-order chi connectivity index (χ1) is 12.0. The summed E-state index contributed by atoms with van der Waals surface area (Å²) in [5.74, 6) is 0.0835. The summed E-state index contributed by atoms with van der Waals surface area (Å²) in [5.41, 5.74) is 2.14. The highest BCUT2D eigenvalue weighted by atomic mass is 35.5. The second kappa shape index (κ2) is 7.17. The Hall–Kier alpha value is -2.50. The Morgan fingerprint density at radius 1 is 1.32 bits per heavy atom. The van der Waals surface area contributed by atoms with Crippen LogP contribution in [-0.2, 0) is 7.05 Å². The van der Waals surface area contributed by atoms with E-state index in [9.17, 15) is 9.90 Å². The van der Waals surface area contributed by atoms with Crippen LogP contribution in [0.15, 0.2) is 48.7 Å². The lowest BCUT2D eigenvalue weighted by Gasteiger charge is -2.13. The van der Waals surface area contributed by atoms with Crippen LogP contribution in [0.25, 0.3) is 10.9 Å². The zero-order valence-corrected chi connectivity index (χ0v) is 14.7. The van der Waals surface area contributed by atoms with Gasteiger partial charge in [0.1, 0.15) is 5.75 Å².